The van der Waals surface area contributed by atoms with Gasteiger partial charge in [0.05, 0.1) is 11.4 Å². The van der Waals surface area contributed by atoms with Crippen LogP contribution < -0.4 is 16.0 Å². The molecule has 1 fully saturated rings. The second kappa shape index (κ2) is 8.49. The Labute approximate surface area is 197 Å². The minimum Gasteiger partial charge on any atom is -0.384 e. The lowest BCUT2D eigenvalue weighted by Crippen LogP contribution is -2.37. The molecule has 0 spiro atoms. The van der Waals surface area contributed by atoms with Gasteiger partial charge in [0.1, 0.15) is 0 Å². The smallest absolute Gasteiger partial charge is 0.330 e. The van der Waals surface area contributed by atoms with Gasteiger partial charge in [-0.3, -0.25) is 0 Å². The molecule has 4 amide bonds. The fourth-order valence-electron chi connectivity index (χ4n) is 4.37. The summed E-state index contributed by atoms with van der Waals surface area (Å²) in [5.74, 6) is 0. The molecular weight excluding hydrogens is 452 g/mol. The van der Waals surface area contributed by atoms with Crippen molar-refractivity contribution in [1.82, 2.24) is 10.2 Å². The van der Waals surface area contributed by atoms with Crippen LogP contribution in [0.2, 0.25) is 0 Å². The summed E-state index contributed by atoms with van der Waals surface area (Å²) in [7, 11) is -4.00. The predicted molar refractivity (Wildman–Crippen MR) is 130 cm³/mol. The van der Waals surface area contributed by atoms with Gasteiger partial charge in [0.2, 0.25) is 9.84 Å². The molecule has 174 valence electrons. The van der Waals surface area contributed by atoms with Gasteiger partial charge < -0.3 is 16.0 Å². The van der Waals surface area contributed by atoms with Gasteiger partial charge >= 0.3 is 12.1 Å². The first kappa shape index (κ1) is 22.0. The molecule has 0 saturated carbocycles. The lowest BCUT2D eigenvalue weighted by molar-refractivity contribution is 0.207. The van der Waals surface area contributed by atoms with Crippen LogP contribution in [0.1, 0.15) is 11.1 Å². The third-order valence-corrected chi connectivity index (χ3v) is 8.10. The number of carbonyl (C=O) groups is 2. The summed E-state index contributed by atoms with van der Waals surface area (Å²) in [6.07, 6.45) is 0.699. The number of imide groups is 1. The van der Waals surface area contributed by atoms with Crippen molar-refractivity contribution in [2.75, 3.05) is 23.7 Å². The number of hydrogen-bond acceptors (Lipinski definition) is 5. The topological polar surface area (TPSA) is 108 Å². The number of fused-ring (bicyclic) bond motifs is 1. The van der Waals surface area contributed by atoms with Gasteiger partial charge in [0, 0.05) is 23.5 Å². The molecule has 2 aliphatic heterocycles. The van der Waals surface area contributed by atoms with E-state index >= 15 is 0 Å². The van der Waals surface area contributed by atoms with E-state index in [2.05, 4.69) is 16.0 Å². The Kier molecular flexibility index (Phi) is 5.49. The molecule has 5 rings (SSSR count). The first-order chi connectivity index (χ1) is 16.3. The van der Waals surface area contributed by atoms with E-state index in [0.29, 0.717) is 17.7 Å². The number of amides is 4. The highest BCUT2D eigenvalue weighted by Gasteiger charge is 2.42. The highest BCUT2D eigenvalue weighted by Crippen LogP contribution is 2.39. The number of nitrogens with zero attached hydrogens (tertiary/aromatic N) is 1. The minimum atomic E-state index is -4.00. The molecule has 0 bridgehead atoms. The van der Waals surface area contributed by atoms with E-state index in [1.807, 2.05) is 49.4 Å². The average molecular weight is 477 g/mol. The Hall–Kier alpha value is -3.85. The summed E-state index contributed by atoms with van der Waals surface area (Å²) in [6, 6.07) is 18.4. The van der Waals surface area contributed by atoms with E-state index < -0.39 is 27.3 Å². The maximum atomic E-state index is 13.7. The molecule has 2 heterocycles. The van der Waals surface area contributed by atoms with Crippen molar-refractivity contribution >= 4 is 33.3 Å². The largest absolute Gasteiger partial charge is 0.384 e. The van der Waals surface area contributed by atoms with Crippen molar-refractivity contribution in [2.24, 2.45) is 0 Å². The van der Waals surface area contributed by atoms with Gasteiger partial charge in [0.25, 0.3) is 0 Å². The van der Waals surface area contributed by atoms with Gasteiger partial charge in [-0.05, 0) is 48.7 Å². The SMILES string of the molecule is Cc1ccc(NC(=O)N2CC(S(=O)(=O)c3ccc4c(c3-c3ccccc3)CCN4)NC2=O)cc1. The number of nitrogens with one attached hydrogen (secondary N) is 3. The van der Waals surface area contributed by atoms with E-state index in [-0.39, 0.29) is 11.4 Å². The monoisotopic (exact) mass is 476 g/mol. The highest BCUT2D eigenvalue weighted by atomic mass is 32.2. The fraction of sp³-hybridized carbons (Fsp3) is 0.200. The number of urea groups is 2. The zero-order valence-electron chi connectivity index (χ0n) is 18.5. The van der Waals surface area contributed by atoms with Gasteiger partial charge in [-0.2, -0.15) is 0 Å². The van der Waals surface area contributed by atoms with Crippen LogP contribution in [0.15, 0.2) is 71.6 Å². The number of sulfone groups is 1. The van der Waals surface area contributed by atoms with Crippen LogP contribution in [0.25, 0.3) is 11.1 Å². The molecule has 0 aliphatic carbocycles. The van der Waals surface area contributed by atoms with E-state index in [1.54, 1.807) is 24.3 Å². The van der Waals surface area contributed by atoms with E-state index in [4.69, 9.17) is 0 Å². The molecule has 8 nitrogen and oxygen atoms in total. The molecule has 1 unspecified atom stereocenters. The van der Waals surface area contributed by atoms with Gasteiger partial charge in [-0.25, -0.2) is 22.9 Å². The Balaban J connectivity index is 1.45. The first-order valence-corrected chi connectivity index (χ1v) is 12.5. The van der Waals surface area contributed by atoms with Crippen LogP contribution in [0, 0.1) is 6.92 Å². The Morgan fingerprint density at radius 1 is 1.03 bits per heavy atom. The molecule has 9 heteroatoms. The second-order valence-corrected chi connectivity index (χ2v) is 10.5. The minimum absolute atomic E-state index is 0.146. The van der Waals surface area contributed by atoms with Crippen LogP contribution in [0.3, 0.4) is 0 Å². The summed E-state index contributed by atoms with van der Waals surface area (Å²) in [6.45, 7) is 2.36. The third kappa shape index (κ3) is 3.88. The number of hydrogen-bond donors (Lipinski definition) is 3. The zero-order chi connectivity index (χ0) is 23.9. The van der Waals surface area contributed by atoms with E-state index in [9.17, 15) is 18.0 Å². The van der Waals surface area contributed by atoms with Crippen molar-refractivity contribution in [2.45, 2.75) is 23.6 Å². The zero-order valence-corrected chi connectivity index (χ0v) is 19.4. The predicted octanol–water partition coefficient (Wildman–Crippen LogP) is 3.99. The quantitative estimate of drug-likeness (QED) is 0.528. The number of rotatable bonds is 4. The molecular formula is C25H24N4O4S. The lowest BCUT2D eigenvalue weighted by Gasteiger charge is -2.18. The van der Waals surface area contributed by atoms with Crippen molar-refractivity contribution in [3.8, 4) is 11.1 Å². The number of anilines is 2. The first-order valence-electron chi connectivity index (χ1n) is 11.0. The average Bonchev–Trinajstić information content (AvgIpc) is 3.47. The Morgan fingerprint density at radius 3 is 2.50 bits per heavy atom. The summed E-state index contributed by atoms with van der Waals surface area (Å²) >= 11 is 0. The summed E-state index contributed by atoms with van der Waals surface area (Å²) in [5, 5.41) is 7.17. The molecule has 3 aromatic rings. The molecule has 1 atom stereocenters. The lowest BCUT2D eigenvalue weighted by atomic mass is 9.98. The van der Waals surface area contributed by atoms with Crippen molar-refractivity contribution < 1.29 is 18.0 Å². The standard InChI is InChI=1S/C25H24N4O4S/c1-16-7-9-18(10-8-16)27-24(30)29-15-22(28-25(29)31)34(32,33)21-12-11-20-19(13-14-26-20)23(21)17-5-3-2-4-6-17/h2-12,22,26H,13-15H2,1H3,(H,27,30)(H,28,31). The number of aryl methyl sites for hydroxylation is 1. The molecule has 3 aromatic carbocycles. The van der Waals surface area contributed by atoms with Gasteiger partial charge in [-0.15, -0.1) is 0 Å². The van der Waals surface area contributed by atoms with Crippen molar-refractivity contribution in [1.29, 1.82) is 0 Å². The number of carbonyl (C=O) groups excluding carboxylic acids is 2. The van der Waals surface area contributed by atoms with Crippen LogP contribution in [0.5, 0.6) is 0 Å². The normalized spacial score (nSPS) is 17.1. The highest BCUT2D eigenvalue weighted by molar-refractivity contribution is 7.92. The van der Waals surface area contributed by atoms with Gasteiger partial charge in [-0.1, -0.05) is 48.0 Å². The number of benzene rings is 3. The maximum Gasteiger partial charge on any atom is 0.330 e. The molecule has 3 N–H and O–H groups in total. The Bertz CT molecular complexity index is 1370. The van der Waals surface area contributed by atoms with E-state index in [1.165, 1.54) is 0 Å². The molecule has 2 aliphatic rings. The molecule has 34 heavy (non-hydrogen) atoms. The summed E-state index contributed by atoms with van der Waals surface area (Å²) < 4.78 is 27.5. The molecule has 1 saturated heterocycles. The molecule has 0 radical (unpaired) electrons. The van der Waals surface area contributed by atoms with Crippen LogP contribution in [-0.2, 0) is 16.3 Å². The third-order valence-electron chi connectivity index (χ3n) is 6.13. The summed E-state index contributed by atoms with van der Waals surface area (Å²) in [5.41, 5.74) is 4.83. The second-order valence-electron chi connectivity index (χ2n) is 8.40. The fourth-order valence-corrected chi connectivity index (χ4v) is 6.07. The Morgan fingerprint density at radius 2 is 1.76 bits per heavy atom. The van der Waals surface area contributed by atoms with Crippen LogP contribution in [0.4, 0.5) is 21.0 Å². The van der Waals surface area contributed by atoms with E-state index in [0.717, 1.165) is 33.8 Å². The van der Waals surface area contributed by atoms with Gasteiger partial charge in [0.15, 0.2) is 5.37 Å². The molecule has 0 aromatic heterocycles. The summed E-state index contributed by atoms with van der Waals surface area (Å²) in [4.78, 5) is 26.3. The van der Waals surface area contributed by atoms with Crippen molar-refractivity contribution in [3.05, 3.63) is 77.9 Å². The maximum absolute atomic E-state index is 13.7. The van der Waals surface area contributed by atoms with Crippen LogP contribution >= 0.6 is 0 Å². The van der Waals surface area contributed by atoms with Crippen molar-refractivity contribution in [3.63, 3.8) is 0 Å². The van der Waals surface area contributed by atoms with Crippen LogP contribution in [-0.4, -0.2) is 43.8 Å².